The van der Waals surface area contributed by atoms with Crippen molar-refractivity contribution < 1.29 is 18.5 Å². The molecule has 3 aromatic heterocycles. The summed E-state index contributed by atoms with van der Waals surface area (Å²) in [6.07, 6.45) is 8.09. The van der Waals surface area contributed by atoms with E-state index in [1.165, 1.54) is 0 Å². The Labute approximate surface area is 160 Å². The van der Waals surface area contributed by atoms with Crippen molar-refractivity contribution in [2.45, 2.75) is 0 Å². The first kappa shape index (κ1) is 16.6. The van der Waals surface area contributed by atoms with Crippen LogP contribution in [0.3, 0.4) is 0 Å². The van der Waals surface area contributed by atoms with E-state index in [-0.39, 0.29) is 0 Å². The Balaban J connectivity index is 0.000000814. The van der Waals surface area contributed by atoms with Gasteiger partial charge >= 0.3 is 23.0 Å². The van der Waals surface area contributed by atoms with E-state index in [1.807, 2.05) is 48.6 Å². The van der Waals surface area contributed by atoms with Gasteiger partial charge in [-0.15, -0.1) is 0 Å². The van der Waals surface area contributed by atoms with Crippen molar-refractivity contribution in [3.8, 4) is 0 Å². The topological polar surface area (TPSA) is 83.4 Å². The van der Waals surface area contributed by atoms with Crippen LogP contribution < -0.4 is 4.48 Å². The molecule has 0 aliphatic carbocycles. The van der Waals surface area contributed by atoms with Crippen molar-refractivity contribution >= 4 is 46.4 Å². The summed E-state index contributed by atoms with van der Waals surface area (Å²) in [6.45, 7) is 0. The molecule has 5 rings (SSSR count). The molecule has 0 saturated carbocycles. The monoisotopic (exact) mass is 390 g/mol. The summed E-state index contributed by atoms with van der Waals surface area (Å²) in [5.41, 5.74) is 7.86. The van der Waals surface area contributed by atoms with Crippen LogP contribution in [-0.4, -0.2) is 19.9 Å². The fourth-order valence-electron chi connectivity index (χ4n) is 2.94. The van der Waals surface area contributed by atoms with Gasteiger partial charge in [-0.2, -0.15) is 0 Å². The summed E-state index contributed by atoms with van der Waals surface area (Å²) >= 11 is 0.875. The minimum atomic E-state index is 0.875. The molecular weight excluding hydrogens is 376 g/mol. The van der Waals surface area contributed by atoms with Crippen LogP contribution in [-0.2, 0) is 18.5 Å². The molecule has 26 heavy (non-hydrogen) atoms. The van der Waals surface area contributed by atoms with Gasteiger partial charge in [-0.3, -0.25) is 0 Å². The maximum atomic E-state index is 4.63. The summed E-state index contributed by atoms with van der Waals surface area (Å²) in [5.74, 6) is 0. The van der Waals surface area contributed by atoms with Crippen LogP contribution >= 0.6 is 0 Å². The first-order chi connectivity index (χ1) is 12.8. The van der Waals surface area contributed by atoms with E-state index in [0.29, 0.717) is 0 Å². The van der Waals surface area contributed by atoms with Crippen LogP contribution in [0, 0.1) is 0 Å². The molecule has 0 radical (unpaired) electrons. The zero-order valence-electron chi connectivity index (χ0n) is 14.1. The third kappa shape index (κ3) is 3.57. The van der Waals surface area contributed by atoms with E-state index >= 15 is 0 Å². The van der Waals surface area contributed by atoms with E-state index in [2.05, 4.69) is 48.7 Å². The molecule has 5 nitrogen and oxygen atoms in total. The second-order valence-corrected chi connectivity index (χ2v) is 5.91. The van der Waals surface area contributed by atoms with Crippen molar-refractivity contribution in [3.05, 3.63) is 71.3 Å². The average molecular weight is 392 g/mol. The molecule has 0 atom stereocenters. The quantitative estimate of drug-likeness (QED) is 0.348. The zero-order valence-corrected chi connectivity index (χ0v) is 17.1. The van der Waals surface area contributed by atoms with E-state index < -0.39 is 0 Å². The number of aromatic nitrogens is 4. The molecule has 0 saturated heterocycles. The first-order valence-electron chi connectivity index (χ1n) is 8.25. The van der Waals surface area contributed by atoms with Gasteiger partial charge in [-0.25, -0.2) is 9.97 Å². The molecule has 6 heteroatoms. The third-order valence-electron chi connectivity index (χ3n) is 4.04. The van der Waals surface area contributed by atoms with Crippen LogP contribution in [0.4, 0.5) is 0 Å². The molecule has 3 aromatic rings. The van der Waals surface area contributed by atoms with Gasteiger partial charge in [0.15, 0.2) is 0 Å². The molecule has 5 heterocycles. The molecule has 0 spiro atoms. The molecule has 0 fully saturated rings. The number of hydrogen-bond donors (Lipinski definition) is 3. The average Bonchev–Trinajstić information content (AvgIpc) is 3.42. The molecule has 4 N–H and O–H groups in total. The Kier molecular flexibility index (Phi) is 4.61. The molecule has 2 aliphatic heterocycles. The molecule has 123 valence electrons. The van der Waals surface area contributed by atoms with Crippen molar-refractivity contribution in [1.29, 1.82) is 0 Å². The second-order valence-electron chi connectivity index (χ2n) is 5.91. The second kappa shape index (κ2) is 7.20. The molecule has 0 aromatic carbocycles. The van der Waals surface area contributed by atoms with E-state index in [9.17, 15) is 0 Å². The molecule has 0 amide bonds. The Hall–Kier alpha value is -2.82. The van der Waals surface area contributed by atoms with E-state index in [4.69, 9.17) is 0 Å². The Bertz CT molecular complexity index is 993. The Morgan fingerprint density at radius 2 is 0.808 bits per heavy atom. The molecule has 0 unspecified atom stereocenters. The summed E-state index contributed by atoms with van der Waals surface area (Å²) in [4.78, 5) is 16.0. The fraction of sp³-hybridized carbons (Fsp3) is 0. The molecule has 8 bridgehead atoms. The normalized spacial score (nSPS) is 12.0. The van der Waals surface area contributed by atoms with Crippen molar-refractivity contribution in [2.24, 2.45) is 4.48 Å². The van der Waals surface area contributed by atoms with E-state index in [0.717, 1.165) is 63.4 Å². The minimum absolute atomic E-state index is 0.875. The zero-order chi connectivity index (χ0) is 17.9. The number of nitrogens with zero attached hydrogens (tertiary/aromatic N) is 2. The Morgan fingerprint density at radius 1 is 0.538 bits per heavy atom. The van der Waals surface area contributed by atoms with Crippen molar-refractivity contribution in [1.82, 2.24) is 19.9 Å². The number of nitrogens with two attached hydrogens (primary N) is 1. The molecule has 2 aliphatic rings. The number of H-pyrrole nitrogens is 2. The summed E-state index contributed by atoms with van der Waals surface area (Å²) < 4.78 is 4.62. The van der Waals surface area contributed by atoms with Gasteiger partial charge in [0.05, 0.1) is 22.8 Å². The summed E-state index contributed by atoms with van der Waals surface area (Å²) in [5, 5.41) is 0. The van der Waals surface area contributed by atoms with Crippen LogP contribution in [0.1, 0.15) is 22.8 Å². The molecular formula is C20H16N5Zn. The van der Waals surface area contributed by atoms with Gasteiger partial charge in [0.1, 0.15) is 0 Å². The predicted molar refractivity (Wildman–Crippen MR) is 103 cm³/mol. The van der Waals surface area contributed by atoms with Crippen LogP contribution in [0.2, 0.25) is 0 Å². The van der Waals surface area contributed by atoms with Crippen LogP contribution in [0.25, 0.3) is 46.4 Å². The third-order valence-corrected chi connectivity index (χ3v) is 4.04. The van der Waals surface area contributed by atoms with Gasteiger partial charge in [-0.05, 0) is 72.8 Å². The van der Waals surface area contributed by atoms with Crippen LogP contribution in [0.15, 0.2) is 48.5 Å². The predicted octanol–water partition coefficient (Wildman–Crippen LogP) is 4.06. The van der Waals surface area contributed by atoms with Gasteiger partial charge in [0.25, 0.3) is 0 Å². The number of fused-ring (bicyclic) bond motifs is 8. The van der Waals surface area contributed by atoms with Gasteiger partial charge in [0, 0.05) is 22.1 Å². The van der Waals surface area contributed by atoms with Crippen molar-refractivity contribution in [2.75, 3.05) is 0 Å². The van der Waals surface area contributed by atoms with E-state index in [1.54, 1.807) is 0 Å². The first-order valence-corrected chi connectivity index (χ1v) is 9.97. The fourth-order valence-corrected chi connectivity index (χ4v) is 2.94. The van der Waals surface area contributed by atoms with Crippen LogP contribution in [0.5, 0.6) is 0 Å². The van der Waals surface area contributed by atoms with Gasteiger partial charge in [-0.1, -0.05) is 0 Å². The number of aromatic amines is 2. The summed E-state index contributed by atoms with van der Waals surface area (Å²) in [6, 6.07) is 16.4. The van der Waals surface area contributed by atoms with Gasteiger partial charge < -0.3 is 9.97 Å². The summed E-state index contributed by atoms with van der Waals surface area (Å²) in [7, 11) is 0. The standard InChI is InChI=1S/C20H14N4.H2N.Zn/c1-2-14-10-16-5-6-18(23-16)12-20-8-7-19(24-20)11-17-4-3-15(22-17)9-13(1)21-14;;/h1-12,21,24H;1H2;/q;-1;+1. The van der Waals surface area contributed by atoms with Gasteiger partial charge in [0.2, 0.25) is 0 Å². The SMILES string of the molecule is C1=Cc2cc3ccc(cc4nc(cc5ccc(cc1n2)[nH]5)C=C4)[nH]3.[NH2][Zn]. The maximum absolute atomic E-state index is 4.63. The van der Waals surface area contributed by atoms with Crippen molar-refractivity contribution in [3.63, 3.8) is 0 Å². The number of rotatable bonds is 0. The Morgan fingerprint density at radius 3 is 1.08 bits per heavy atom. The number of hydrogen-bond acceptors (Lipinski definition) is 3. The number of nitrogens with one attached hydrogen (secondary N) is 2.